The Labute approximate surface area is 234 Å². The van der Waals surface area contributed by atoms with E-state index in [9.17, 15) is 19.5 Å². The largest absolute Gasteiger partial charge is 0.394 e. The number of amides is 3. The van der Waals surface area contributed by atoms with E-state index in [1.807, 2.05) is 24.3 Å². The molecule has 2 atom stereocenters. The summed E-state index contributed by atoms with van der Waals surface area (Å²) in [6.07, 6.45) is 4.74. The van der Waals surface area contributed by atoms with Crippen LogP contribution in [0.2, 0.25) is 0 Å². The average Bonchev–Trinajstić information content (AvgIpc) is 2.92. The number of nitrogens with one attached hydrogen (secondary N) is 1. The third kappa shape index (κ3) is 7.76. The average molecular weight is 563 g/mol. The molecule has 6 N–H and O–H groups in total. The van der Waals surface area contributed by atoms with Gasteiger partial charge in [0.1, 0.15) is 11.4 Å². The molecular weight excluding hydrogens is 524 g/mol. The van der Waals surface area contributed by atoms with Crippen molar-refractivity contribution in [3.8, 4) is 5.69 Å². The number of likely N-dealkylation sites (tertiary alicyclic amines) is 1. The van der Waals surface area contributed by atoms with Crippen molar-refractivity contribution in [2.45, 2.75) is 37.8 Å². The van der Waals surface area contributed by atoms with E-state index < -0.39 is 23.9 Å². The van der Waals surface area contributed by atoms with Gasteiger partial charge >= 0.3 is 11.7 Å². The highest BCUT2D eigenvalue weighted by Crippen LogP contribution is 2.14. The van der Waals surface area contributed by atoms with Crippen molar-refractivity contribution in [1.29, 1.82) is 0 Å². The SMILES string of the molecule is C[C@](N)(CO)C(=O)N1CCN(C(=O)Nc2ccn(-c3ccc(CCN4CCC[C@@H](N)C4)cc3)c(=O)n2)CC1.Cl. The quantitative estimate of drug-likeness (QED) is 0.366. The van der Waals surface area contributed by atoms with Gasteiger partial charge in [-0.2, -0.15) is 4.98 Å². The molecule has 1 aromatic heterocycles. The van der Waals surface area contributed by atoms with Gasteiger partial charge < -0.3 is 31.3 Å². The van der Waals surface area contributed by atoms with Crippen molar-refractivity contribution in [3.63, 3.8) is 0 Å². The number of carbonyl (C=O) groups is 2. The number of carbonyl (C=O) groups excluding carboxylic acids is 2. The molecule has 0 unspecified atom stereocenters. The van der Waals surface area contributed by atoms with Gasteiger partial charge in [0, 0.05) is 51.5 Å². The molecule has 0 spiro atoms. The molecule has 4 rings (SSSR count). The molecule has 3 heterocycles. The molecule has 13 heteroatoms. The van der Waals surface area contributed by atoms with E-state index >= 15 is 0 Å². The number of anilines is 1. The topological polar surface area (TPSA) is 163 Å². The van der Waals surface area contributed by atoms with Gasteiger partial charge in [-0.25, -0.2) is 9.59 Å². The van der Waals surface area contributed by atoms with E-state index in [0.717, 1.165) is 38.9 Å². The first-order chi connectivity index (χ1) is 18.2. The van der Waals surface area contributed by atoms with Gasteiger partial charge in [-0.15, -0.1) is 12.4 Å². The zero-order chi connectivity index (χ0) is 27.3. The zero-order valence-electron chi connectivity index (χ0n) is 22.3. The van der Waals surface area contributed by atoms with E-state index in [0.29, 0.717) is 31.9 Å². The maximum absolute atomic E-state index is 12.7. The first-order valence-corrected chi connectivity index (χ1v) is 13.1. The summed E-state index contributed by atoms with van der Waals surface area (Å²) in [5.74, 6) is -0.203. The van der Waals surface area contributed by atoms with Gasteiger partial charge in [0.15, 0.2) is 0 Å². The second-order valence-corrected chi connectivity index (χ2v) is 10.4. The number of hydrogen-bond donors (Lipinski definition) is 4. The molecule has 12 nitrogen and oxygen atoms in total. The zero-order valence-corrected chi connectivity index (χ0v) is 23.1. The number of halogens is 1. The van der Waals surface area contributed by atoms with Crippen molar-refractivity contribution < 1.29 is 14.7 Å². The number of rotatable bonds is 7. The van der Waals surface area contributed by atoms with Gasteiger partial charge in [0.25, 0.3) is 0 Å². The number of urea groups is 1. The third-order valence-electron chi connectivity index (χ3n) is 7.18. The molecule has 2 saturated heterocycles. The number of hydrogen-bond acceptors (Lipinski definition) is 8. The molecule has 2 aliphatic heterocycles. The number of nitrogens with two attached hydrogens (primary N) is 2. The molecule has 2 aliphatic rings. The first-order valence-electron chi connectivity index (χ1n) is 13.1. The summed E-state index contributed by atoms with van der Waals surface area (Å²) >= 11 is 0. The second kappa shape index (κ2) is 13.4. The molecule has 3 amide bonds. The van der Waals surface area contributed by atoms with Gasteiger partial charge in [0.2, 0.25) is 5.91 Å². The fourth-order valence-electron chi connectivity index (χ4n) is 4.80. The van der Waals surface area contributed by atoms with E-state index in [-0.39, 0.29) is 30.2 Å². The normalized spacial score (nSPS) is 19.6. The maximum atomic E-state index is 12.7. The lowest BCUT2D eigenvalue weighted by molar-refractivity contribution is -0.139. The molecule has 2 fully saturated rings. The van der Waals surface area contributed by atoms with Crippen LogP contribution < -0.4 is 22.5 Å². The Hall–Kier alpha value is -3.03. The van der Waals surface area contributed by atoms with Crippen molar-refractivity contribution in [3.05, 3.63) is 52.6 Å². The van der Waals surface area contributed by atoms with Crippen LogP contribution in [0, 0.1) is 0 Å². The number of aliphatic hydroxyl groups is 1. The van der Waals surface area contributed by atoms with Crippen LogP contribution in [0.1, 0.15) is 25.3 Å². The summed E-state index contributed by atoms with van der Waals surface area (Å²) in [5, 5.41) is 12.0. The summed E-state index contributed by atoms with van der Waals surface area (Å²) in [7, 11) is 0. The number of piperazine rings is 1. The number of piperidine rings is 1. The summed E-state index contributed by atoms with van der Waals surface area (Å²) < 4.78 is 1.43. The van der Waals surface area contributed by atoms with E-state index in [1.54, 1.807) is 17.2 Å². The smallest absolute Gasteiger partial charge is 0.354 e. The molecule has 39 heavy (non-hydrogen) atoms. The fraction of sp³-hybridized carbons (Fsp3) is 0.538. The third-order valence-corrected chi connectivity index (χ3v) is 7.18. The molecule has 0 aliphatic carbocycles. The highest BCUT2D eigenvalue weighted by molar-refractivity contribution is 5.89. The lowest BCUT2D eigenvalue weighted by Gasteiger charge is -2.37. The van der Waals surface area contributed by atoms with E-state index in [4.69, 9.17) is 11.5 Å². The van der Waals surface area contributed by atoms with Crippen molar-refractivity contribution >= 4 is 30.2 Å². The summed E-state index contributed by atoms with van der Waals surface area (Å²) in [5.41, 5.74) is 11.9. The minimum atomic E-state index is -1.35. The predicted molar refractivity (Wildman–Crippen MR) is 151 cm³/mol. The Balaban J connectivity index is 0.00000420. The van der Waals surface area contributed by atoms with Crippen molar-refractivity contribution in [2.24, 2.45) is 11.5 Å². The number of benzene rings is 1. The van der Waals surface area contributed by atoms with Crippen LogP contribution in [0.4, 0.5) is 10.6 Å². The summed E-state index contributed by atoms with van der Waals surface area (Å²) in [6, 6.07) is 9.25. The minimum absolute atomic E-state index is 0. The van der Waals surface area contributed by atoms with E-state index in [1.165, 1.54) is 22.0 Å². The lowest BCUT2D eigenvalue weighted by Crippen LogP contribution is -2.60. The van der Waals surface area contributed by atoms with Gasteiger partial charge in [-0.05, 0) is 56.5 Å². The molecule has 214 valence electrons. The summed E-state index contributed by atoms with van der Waals surface area (Å²) in [6.45, 7) is 5.21. The van der Waals surface area contributed by atoms with Crippen LogP contribution in [0.5, 0.6) is 0 Å². The van der Waals surface area contributed by atoms with Crippen molar-refractivity contribution in [2.75, 3.05) is 57.7 Å². The standard InChI is InChI=1S/C26H38N8O4.ClH/c1-26(28,18-35)23(36)32-13-15-33(16-14-32)24(37)29-22-9-12-34(25(38)30-22)21-6-4-19(5-7-21)8-11-31-10-2-3-20(27)17-31;/h4-7,9,12,20,35H,2-3,8,10-11,13-18,27-28H2,1H3,(H,29,30,37,38);1H/t20-,26+;/m1./s1. The van der Waals surface area contributed by atoms with Crippen LogP contribution in [-0.2, 0) is 11.2 Å². The lowest BCUT2D eigenvalue weighted by atomic mass is 10.0. The molecule has 1 aromatic carbocycles. The fourth-order valence-corrected chi connectivity index (χ4v) is 4.80. The molecule has 0 bridgehead atoms. The monoisotopic (exact) mass is 562 g/mol. The van der Waals surface area contributed by atoms with E-state index in [2.05, 4.69) is 15.2 Å². The number of nitrogens with zero attached hydrogens (tertiary/aromatic N) is 5. The Morgan fingerprint density at radius 1 is 1.10 bits per heavy atom. The van der Waals surface area contributed by atoms with Crippen LogP contribution in [0.25, 0.3) is 5.69 Å². The van der Waals surface area contributed by atoms with Gasteiger partial charge in [0.05, 0.1) is 12.3 Å². The minimum Gasteiger partial charge on any atom is -0.394 e. The Bertz CT molecular complexity index is 1180. The van der Waals surface area contributed by atoms with Gasteiger partial charge in [-0.1, -0.05) is 12.1 Å². The highest BCUT2D eigenvalue weighted by Gasteiger charge is 2.34. The highest BCUT2D eigenvalue weighted by atomic mass is 35.5. The number of aromatic nitrogens is 2. The number of aliphatic hydroxyl groups excluding tert-OH is 1. The summed E-state index contributed by atoms with van der Waals surface area (Å²) in [4.78, 5) is 47.3. The molecule has 0 radical (unpaired) electrons. The Morgan fingerprint density at radius 2 is 1.77 bits per heavy atom. The molecule has 2 aromatic rings. The Kier molecular flexibility index (Phi) is 10.4. The van der Waals surface area contributed by atoms with Crippen LogP contribution in [0.3, 0.4) is 0 Å². The second-order valence-electron chi connectivity index (χ2n) is 10.4. The molecule has 0 saturated carbocycles. The predicted octanol–water partition coefficient (Wildman–Crippen LogP) is 0.00570. The molecular formula is C26H39ClN8O4. The first kappa shape index (κ1) is 30.5. The van der Waals surface area contributed by atoms with Crippen LogP contribution >= 0.6 is 12.4 Å². The van der Waals surface area contributed by atoms with Crippen LogP contribution in [-0.4, -0.2) is 105 Å². The van der Waals surface area contributed by atoms with Crippen LogP contribution in [0.15, 0.2) is 41.3 Å². The maximum Gasteiger partial charge on any atom is 0.354 e. The van der Waals surface area contributed by atoms with Crippen molar-refractivity contribution in [1.82, 2.24) is 24.3 Å². The van der Waals surface area contributed by atoms with Gasteiger partial charge in [-0.3, -0.25) is 14.7 Å². The Morgan fingerprint density at radius 3 is 2.38 bits per heavy atom.